The van der Waals surface area contributed by atoms with Crippen molar-refractivity contribution in [3.8, 4) is 0 Å². The summed E-state index contributed by atoms with van der Waals surface area (Å²) in [5, 5.41) is 45.3. The Balaban J connectivity index is 3.08. The Morgan fingerprint density at radius 1 is 0.613 bits per heavy atom. The van der Waals surface area contributed by atoms with Crippen LogP contribution in [0.3, 0.4) is 0 Å². The third-order valence-corrected chi connectivity index (χ3v) is 9.82. The number of aliphatic carboxylic acids is 2. The Kier molecular flexibility index (Phi) is 26.3. The molecular formula is C36H58N12O11S3. The zero-order chi connectivity index (χ0) is 46.8. The van der Waals surface area contributed by atoms with Crippen LogP contribution < -0.4 is 59.7 Å². The lowest BCUT2D eigenvalue weighted by molar-refractivity contribution is -0.141. The number of rotatable bonds is 30. The van der Waals surface area contributed by atoms with E-state index in [2.05, 4.69) is 80.4 Å². The number of carboxylic acids is 2. The molecule has 0 saturated heterocycles. The summed E-state index contributed by atoms with van der Waals surface area (Å²) >= 11 is 12.2. The standard InChI is InChI=1S/C36H58N12O11S3/c37-11-5-4-9-20(38)29(52)46-24(16-60)33(56)44-21(10-6-12-41-36(39)40)30(53)42-15-27(49)43-23(14-28(50)51)32(55)47-25(17-61)34(57)45-22(13-19-7-2-1-3-8-19)31(54)48-26(18-62)35(58)59/h1-3,7-8,20-26,60-62H,4-6,9-18,37-38H2,(H,42,53)(H,43,49)(H,44,56)(H,45,57)(H,46,52)(H,47,55)(H,48,54)(H,50,51)(H,58,59)(H4,39,40,41)/t20-,21-,22-,23-,24-,25-,26-/m0/s1. The average molecular weight is 931 g/mol. The van der Waals surface area contributed by atoms with E-state index < -0.39 is 109 Å². The van der Waals surface area contributed by atoms with E-state index in [1.807, 2.05) is 0 Å². The number of nitrogens with one attached hydrogen (secondary N) is 9. The van der Waals surface area contributed by atoms with Gasteiger partial charge in [-0.3, -0.25) is 43.8 Å². The first-order valence-electron chi connectivity index (χ1n) is 19.3. The van der Waals surface area contributed by atoms with Gasteiger partial charge in [-0.1, -0.05) is 36.8 Å². The molecule has 0 aromatic heterocycles. The molecule has 0 heterocycles. The smallest absolute Gasteiger partial charge is 0.327 e. The predicted molar refractivity (Wildman–Crippen MR) is 236 cm³/mol. The quantitative estimate of drug-likeness (QED) is 0.0149. The normalized spacial score (nSPS) is 14.1. The predicted octanol–water partition coefficient (Wildman–Crippen LogP) is -4.68. The summed E-state index contributed by atoms with van der Waals surface area (Å²) in [7, 11) is 0. The Bertz CT molecular complexity index is 1700. The zero-order valence-corrected chi connectivity index (χ0v) is 36.4. The van der Waals surface area contributed by atoms with Crippen LogP contribution in [0.25, 0.3) is 0 Å². The highest BCUT2D eigenvalue weighted by molar-refractivity contribution is 7.80. The van der Waals surface area contributed by atoms with E-state index in [1.165, 1.54) is 0 Å². The number of benzene rings is 1. The van der Waals surface area contributed by atoms with Gasteiger partial charge in [0.15, 0.2) is 5.96 Å². The molecule has 0 aliphatic rings. The summed E-state index contributed by atoms with van der Waals surface area (Å²) < 4.78 is 0. The first kappa shape index (κ1) is 54.7. The van der Waals surface area contributed by atoms with Gasteiger partial charge in [0.25, 0.3) is 0 Å². The molecular weight excluding hydrogens is 873 g/mol. The third-order valence-electron chi connectivity index (χ3n) is 8.72. The minimum absolute atomic E-state index is 0.0499. The molecule has 7 atom stereocenters. The number of thiol groups is 3. The molecule has 1 aromatic rings. The van der Waals surface area contributed by atoms with Crippen LogP contribution in [0.1, 0.15) is 44.1 Å². The van der Waals surface area contributed by atoms with Crippen molar-refractivity contribution in [2.24, 2.45) is 17.2 Å². The van der Waals surface area contributed by atoms with Crippen molar-refractivity contribution in [1.29, 1.82) is 5.41 Å². The van der Waals surface area contributed by atoms with E-state index in [1.54, 1.807) is 30.3 Å². The van der Waals surface area contributed by atoms with Gasteiger partial charge in [-0.05, 0) is 37.8 Å². The second kappa shape index (κ2) is 29.9. The highest BCUT2D eigenvalue weighted by Crippen LogP contribution is 2.07. The second-order valence-corrected chi connectivity index (χ2v) is 14.8. The fourth-order valence-electron chi connectivity index (χ4n) is 5.36. The van der Waals surface area contributed by atoms with Crippen LogP contribution >= 0.6 is 37.9 Å². The van der Waals surface area contributed by atoms with Crippen LogP contribution in [0, 0.1) is 5.41 Å². The molecule has 0 spiro atoms. The molecule has 1 rings (SSSR count). The lowest BCUT2D eigenvalue weighted by Gasteiger charge is -2.25. The Hall–Kier alpha value is -5.31. The molecule has 0 aliphatic carbocycles. The van der Waals surface area contributed by atoms with Gasteiger partial charge in [0, 0.05) is 30.2 Å². The maximum absolute atomic E-state index is 13.4. The fraction of sp³-hybridized carbons (Fsp3) is 0.556. The number of carbonyl (C=O) groups excluding carboxylic acids is 7. The third kappa shape index (κ3) is 21.5. The lowest BCUT2D eigenvalue weighted by Crippen LogP contribution is -2.59. The van der Waals surface area contributed by atoms with Gasteiger partial charge in [0.2, 0.25) is 41.4 Å². The van der Waals surface area contributed by atoms with Crippen molar-refractivity contribution in [1.82, 2.24) is 42.5 Å². The maximum Gasteiger partial charge on any atom is 0.327 e. The number of hydrogen-bond acceptors (Lipinski definition) is 15. The molecule has 1 aromatic carbocycles. The minimum atomic E-state index is -1.79. The van der Waals surface area contributed by atoms with Gasteiger partial charge >= 0.3 is 11.9 Å². The number of unbranched alkanes of at least 4 members (excludes halogenated alkanes) is 1. The molecule has 0 radical (unpaired) electrons. The van der Waals surface area contributed by atoms with Crippen molar-refractivity contribution in [2.75, 3.05) is 36.9 Å². The lowest BCUT2D eigenvalue weighted by atomic mass is 10.0. The number of amides is 7. The largest absolute Gasteiger partial charge is 0.481 e. The Labute approximate surface area is 374 Å². The fourth-order valence-corrected chi connectivity index (χ4v) is 6.12. The molecule has 62 heavy (non-hydrogen) atoms. The Morgan fingerprint density at radius 3 is 1.66 bits per heavy atom. The van der Waals surface area contributed by atoms with E-state index in [-0.39, 0.29) is 49.0 Å². The molecule has 0 unspecified atom stereocenters. The number of carbonyl (C=O) groups is 9. The highest BCUT2D eigenvalue weighted by Gasteiger charge is 2.32. The van der Waals surface area contributed by atoms with Gasteiger partial charge in [-0.2, -0.15) is 37.9 Å². The van der Waals surface area contributed by atoms with Crippen molar-refractivity contribution < 1.29 is 53.4 Å². The van der Waals surface area contributed by atoms with E-state index in [0.717, 1.165) is 0 Å². The first-order valence-corrected chi connectivity index (χ1v) is 21.2. The van der Waals surface area contributed by atoms with Crippen LogP contribution in [0.2, 0.25) is 0 Å². The molecule has 17 N–H and O–H groups in total. The van der Waals surface area contributed by atoms with Crippen molar-refractivity contribution in [3.05, 3.63) is 35.9 Å². The Morgan fingerprint density at radius 2 is 1.13 bits per heavy atom. The number of hydrogen-bond donors (Lipinski definition) is 17. The monoisotopic (exact) mass is 930 g/mol. The molecule has 0 aliphatic heterocycles. The van der Waals surface area contributed by atoms with Crippen LogP contribution in [-0.4, -0.2) is 149 Å². The van der Waals surface area contributed by atoms with Crippen molar-refractivity contribution >= 4 is 97.1 Å². The van der Waals surface area contributed by atoms with Gasteiger partial charge in [0.05, 0.1) is 19.0 Å². The highest BCUT2D eigenvalue weighted by atomic mass is 32.1. The molecule has 346 valence electrons. The number of nitrogens with two attached hydrogens (primary N) is 3. The van der Waals surface area contributed by atoms with Crippen LogP contribution in [0.4, 0.5) is 0 Å². The molecule has 7 amide bonds. The second-order valence-electron chi connectivity index (χ2n) is 13.7. The molecule has 0 saturated carbocycles. The SMILES string of the molecule is N=C(N)NCCC[C@H](NC(=O)[C@H](CS)NC(=O)[C@@H](N)CCCCN)C(=O)NCC(=O)N[C@@H](CC(=O)O)C(=O)N[C@@H](CS)C(=O)N[C@@H](Cc1ccccc1)C(=O)N[C@@H](CS)C(=O)O. The summed E-state index contributed by atoms with van der Waals surface area (Å²) in [4.78, 5) is 115. The molecule has 26 heteroatoms. The summed E-state index contributed by atoms with van der Waals surface area (Å²) in [6.45, 7) is -0.280. The summed E-state index contributed by atoms with van der Waals surface area (Å²) in [6, 6.07) is -1.09. The van der Waals surface area contributed by atoms with Crippen molar-refractivity contribution in [2.45, 2.75) is 87.2 Å². The molecule has 0 bridgehead atoms. The van der Waals surface area contributed by atoms with E-state index in [4.69, 9.17) is 22.6 Å². The maximum atomic E-state index is 13.4. The van der Waals surface area contributed by atoms with E-state index in [9.17, 15) is 53.4 Å². The summed E-state index contributed by atoms with van der Waals surface area (Å²) in [5.74, 6) is -10.4. The minimum Gasteiger partial charge on any atom is -0.481 e. The van der Waals surface area contributed by atoms with Crippen LogP contribution in [0.15, 0.2) is 30.3 Å². The summed E-state index contributed by atoms with van der Waals surface area (Å²) in [5.41, 5.74) is 17.3. The topological polar surface area (TPSA) is 392 Å². The van der Waals surface area contributed by atoms with Gasteiger partial charge in [0.1, 0.15) is 36.3 Å². The number of carboxylic acid groups (broad SMARTS) is 2. The molecule has 0 fully saturated rings. The zero-order valence-electron chi connectivity index (χ0n) is 33.8. The average Bonchev–Trinajstić information content (AvgIpc) is 3.22. The van der Waals surface area contributed by atoms with Crippen LogP contribution in [0.5, 0.6) is 0 Å². The van der Waals surface area contributed by atoms with E-state index in [0.29, 0.717) is 31.4 Å². The van der Waals surface area contributed by atoms with Crippen LogP contribution in [-0.2, 0) is 49.6 Å². The van der Waals surface area contributed by atoms with Gasteiger partial charge in [-0.25, -0.2) is 4.79 Å². The number of guanidine groups is 1. The first-order chi connectivity index (χ1) is 29.4. The van der Waals surface area contributed by atoms with E-state index >= 15 is 0 Å². The van der Waals surface area contributed by atoms with Gasteiger partial charge in [-0.15, -0.1) is 0 Å². The summed E-state index contributed by atoms with van der Waals surface area (Å²) in [6.07, 6.45) is 0.605. The van der Waals surface area contributed by atoms with Crippen molar-refractivity contribution in [3.63, 3.8) is 0 Å². The molecule has 23 nitrogen and oxygen atoms in total. The van der Waals surface area contributed by atoms with Gasteiger partial charge < -0.3 is 69.9 Å².